The number of carbonyl (C=O) groups excluding carboxylic acids is 3. The fourth-order valence-corrected chi connectivity index (χ4v) is 2.91. The molecule has 1 atom stereocenters. The molecular weight excluding hydrogens is 320 g/mol. The number of amides is 3. The highest BCUT2D eigenvalue weighted by atomic mass is 16.2. The molecule has 4 rings (SSSR count). The number of benzene rings is 2. The minimum absolute atomic E-state index is 0.273. The van der Waals surface area contributed by atoms with Gasteiger partial charge in [0.2, 0.25) is 11.9 Å². The van der Waals surface area contributed by atoms with Gasteiger partial charge in [-0.3, -0.25) is 24.6 Å². The number of fused-ring (bicyclic) bond motifs is 2. The topological polar surface area (TPSA) is 95.2 Å². The summed E-state index contributed by atoms with van der Waals surface area (Å²) in [6, 6.07) is 12.9. The van der Waals surface area contributed by atoms with Crippen molar-refractivity contribution in [2.24, 2.45) is 0 Å². The Labute approximate surface area is 142 Å². The largest absolute Gasteiger partial charge is 0.324 e. The van der Waals surface area contributed by atoms with Crippen LogP contribution in [0.25, 0.3) is 11.0 Å². The van der Waals surface area contributed by atoms with Gasteiger partial charge in [-0.05, 0) is 31.2 Å². The van der Waals surface area contributed by atoms with Gasteiger partial charge in [0, 0.05) is 0 Å². The number of aromatic amines is 1. The molecule has 1 aromatic heterocycles. The standard InChI is InChI=1S/C18H14N4O3/c1-10(22-16(24)11-6-2-3-7-12(11)17(22)25)15(23)21-18-19-13-8-4-5-9-14(13)20-18/h2-10H,1H3,(H2,19,20,21,23). The lowest BCUT2D eigenvalue weighted by Crippen LogP contribution is -2.45. The van der Waals surface area contributed by atoms with Gasteiger partial charge in [-0.1, -0.05) is 24.3 Å². The number of nitrogens with one attached hydrogen (secondary N) is 2. The maximum atomic E-state index is 12.5. The highest BCUT2D eigenvalue weighted by Crippen LogP contribution is 2.25. The van der Waals surface area contributed by atoms with E-state index in [4.69, 9.17) is 0 Å². The number of anilines is 1. The van der Waals surface area contributed by atoms with Crippen molar-refractivity contribution in [1.29, 1.82) is 0 Å². The predicted octanol–water partition coefficient (Wildman–Crippen LogP) is 2.19. The number of rotatable bonds is 3. The average Bonchev–Trinajstić information content (AvgIpc) is 3.13. The van der Waals surface area contributed by atoms with E-state index in [0.717, 1.165) is 10.4 Å². The molecular formula is C18H14N4O3. The van der Waals surface area contributed by atoms with Crippen LogP contribution < -0.4 is 5.32 Å². The zero-order chi connectivity index (χ0) is 17.6. The molecule has 0 radical (unpaired) electrons. The quantitative estimate of drug-likeness (QED) is 0.718. The minimum atomic E-state index is -0.958. The molecule has 0 saturated heterocycles. The number of para-hydroxylation sites is 2. The van der Waals surface area contributed by atoms with Crippen LogP contribution in [0, 0.1) is 0 Å². The number of aromatic nitrogens is 2. The highest BCUT2D eigenvalue weighted by Gasteiger charge is 2.40. The molecule has 2 aromatic carbocycles. The summed E-state index contributed by atoms with van der Waals surface area (Å²) in [5, 5.41) is 2.62. The van der Waals surface area contributed by atoms with Gasteiger partial charge in [0.25, 0.3) is 11.8 Å². The van der Waals surface area contributed by atoms with E-state index < -0.39 is 23.8 Å². The van der Waals surface area contributed by atoms with Crippen LogP contribution >= 0.6 is 0 Å². The first-order valence-electron chi connectivity index (χ1n) is 7.79. The van der Waals surface area contributed by atoms with E-state index >= 15 is 0 Å². The summed E-state index contributed by atoms with van der Waals surface area (Å²) in [4.78, 5) is 45.6. The zero-order valence-corrected chi connectivity index (χ0v) is 13.3. The van der Waals surface area contributed by atoms with Crippen LogP contribution in [0.5, 0.6) is 0 Å². The van der Waals surface area contributed by atoms with E-state index in [1.807, 2.05) is 24.3 Å². The smallest absolute Gasteiger partial charge is 0.262 e. The van der Waals surface area contributed by atoms with Gasteiger partial charge in [0.1, 0.15) is 6.04 Å². The Bertz CT molecular complexity index is 956. The molecule has 7 nitrogen and oxygen atoms in total. The first-order chi connectivity index (χ1) is 12.1. The summed E-state index contributed by atoms with van der Waals surface area (Å²) in [6.45, 7) is 1.51. The molecule has 0 spiro atoms. The molecule has 0 bridgehead atoms. The predicted molar refractivity (Wildman–Crippen MR) is 91.1 cm³/mol. The van der Waals surface area contributed by atoms with E-state index in [-0.39, 0.29) is 5.95 Å². The third kappa shape index (κ3) is 2.37. The molecule has 0 saturated carbocycles. The molecule has 3 aromatic rings. The van der Waals surface area contributed by atoms with Crippen LogP contribution in [0.4, 0.5) is 5.95 Å². The number of nitrogens with zero attached hydrogens (tertiary/aromatic N) is 2. The second-order valence-corrected chi connectivity index (χ2v) is 5.79. The third-order valence-corrected chi connectivity index (χ3v) is 4.22. The maximum absolute atomic E-state index is 12.5. The Morgan fingerprint density at radius 2 is 1.64 bits per heavy atom. The second kappa shape index (κ2) is 5.55. The number of carbonyl (C=O) groups is 3. The number of hydrogen-bond donors (Lipinski definition) is 2. The molecule has 0 fully saturated rings. The molecule has 1 unspecified atom stereocenters. The molecule has 7 heteroatoms. The summed E-state index contributed by atoms with van der Waals surface area (Å²) < 4.78 is 0. The van der Waals surface area contributed by atoms with Crippen LogP contribution in [0.2, 0.25) is 0 Å². The SMILES string of the molecule is CC(C(=O)Nc1nc2ccccc2[nH]1)N1C(=O)c2ccccc2C1=O. The van der Waals surface area contributed by atoms with E-state index in [0.29, 0.717) is 16.6 Å². The number of H-pyrrole nitrogens is 1. The van der Waals surface area contributed by atoms with Crippen molar-refractivity contribution in [2.45, 2.75) is 13.0 Å². The van der Waals surface area contributed by atoms with E-state index in [1.54, 1.807) is 24.3 Å². The van der Waals surface area contributed by atoms with Gasteiger partial charge in [-0.2, -0.15) is 0 Å². The molecule has 25 heavy (non-hydrogen) atoms. The van der Waals surface area contributed by atoms with Crippen LogP contribution in [-0.4, -0.2) is 38.6 Å². The third-order valence-electron chi connectivity index (χ3n) is 4.22. The fourth-order valence-electron chi connectivity index (χ4n) is 2.91. The van der Waals surface area contributed by atoms with Crippen molar-refractivity contribution >= 4 is 34.7 Å². The molecule has 0 aliphatic carbocycles. The van der Waals surface area contributed by atoms with Gasteiger partial charge >= 0.3 is 0 Å². The summed E-state index contributed by atoms with van der Waals surface area (Å²) in [7, 11) is 0. The minimum Gasteiger partial charge on any atom is -0.324 e. The van der Waals surface area contributed by atoms with Gasteiger partial charge < -0.3 is 4.98 Å². The van der Waals surface area contributed by atoms with Crippen LogP contribution in [-0.2, 0) is 4.79 Å². The molecule has 1 aliphatic rings. The van der Waals surface area contributed by atoms with Crippen molar-refractivity contribution in [2.75, 3.05) is 5.32 Å². The van der Waals surface area contributed by atoms with Crippen LogP contribution in [0.15, 0.2) is 48.5 Å². The van der Waals surface area contributed by atoms with E-state index in [2.05, 4.69) is 15.3 Å². The van der Waals surface area contributed by atoms with Crippen molar-refractivity contribution in [1.82, 2.24) is 14.9 Å². The Morgan fingerprint density at radius 1 is 1.04 bits per heavy atom. The van der Waals surface area contributed by atoms with Crippen LogP contribution in [0.1, 0.15) is 27.6 Å². The van der Waals surface area contributed by atoms with Crippen molar-refractivity contribution in [3.05, 3.63) is 59.7 Å². The van der Waals surface area contributed by atoms with Gasteiger partial charge in [-0.25, -0.2) is 4.98 Å². The number of hydrogen-bond acceptors (Lipinski definition) is 4. The number of imidazole rings is 1. The summed E-state index contributed by atoms with van der Waals surface area (Å²) >= 11 is 0. The van der Waals surface area contributed by atoms with Gasteiger partial charge in [-0.15, -0.1) is 0 Å². The monoisotopic (exact) mass is 334 g/mol. The lowest BCUT2D eigenvalue weighted by Gasteiger charge is -2.21. The second-order valence-electron chi connectivity index (χ2n) is 5.79. The molecule has 1 aliphatic heterocycles. The van der Waals surface area contributed by atoms with Crippen molar-refractivity contribution in [3.63, 3.8) is 0 Å². The van der Waals surface area contributed by atoms with E-state index in [9.17, 15) is 14.4 Å². The summed E-state index contributed by atoms with van der Waals surface area (Å²) in [5.74, 6) is -1.15. The molecule has 124 valence electrons. The first kappa shape index (κ1) is 15.1. The molecule has 2 heterocycles. The van der Waals surface area contributed by atoms with Crippen LogP contribution in [0.3, 0.4) is 0 Å². The Balaban J connectivity index is 1.56. The normalized spacial score (nSPS) is 14.7. The zero-order valence-electron chi connectivity index (χ0n) is 13.3. The molecule has 3 amide bonds. The Morgan fingerprint density at radius 3 is 2.28 bits per heavy atom. The first-order valence-corrected chi connectivity index (χ1v) is 7.79. The van der Waals surface area contributed by atoms with Gasteiger partial charge in [0.05, 0.1) is 22.2 Å². The average molecular weight is 334 g/mol. The lowest BCUT2D eigenvalue weighted by molar-refractivity contribution is -0.119. The van der Waals surface area contributed by atoms with Crippen molar-refractivity contribution in [3.8, 4) is 0 Å². The summed E-state index contributed by atoms with van der Waals surface area (Å²) in [6.07, 6.45) is 0. The highest BCUT2D eigenvalue weighted by molar-refractivity contribution is 6.23. The fraction of sp³-hybridized carbons (Fsp3) is 0.111. The molecule has 2 N–H and O–H groups in total. The Hall–Kier alpha value is -3.48. The number of imide groups is 1. The van der Waals surface area contributed by atoms with Gasteiger partial charge in [0.15, 0.2) is 0 Å². The maximum Gasteiger partial charge on any atom is 0.262 e. The lowest BCUT2D eigenvalue weighted by atomic mass is 10.1. The summed E-state index contributed by atoms with van der Waals surface area (Å²) in [5.41, 5.74) is 2.13. The van der Waals surface area contributed by atoms with Crippen molar-refractivity contribution < 1.29 is 14.4 Å². The van der Waals surface area contributed by atoms with E-state index in [1.165, 1.54) is 6.92 Å². The Kier molecular flexibility index (Phi) is 3.35.